The van der Waals surface area contributed by atoms with Gasteiger partial charge in [0.25, 0.3) is 0 Å². The Labute approximate surface area is 130 Å². The minimum atomic E-state index is -0.0660. The Balaban J connectivity index is 1.75. The van der Waals surface area contributed by atoms with E-state index >= 15 is 0 Å². The van der Waals surface area contributed by atoms with Gasteiger partial charge in [0.1, 0.15) is 0 Å². The Bertz CT molecular complexity index is 492. The molecule has 0 aromatic heterocycles. The van der Waals surface area contributed by atoms with Gasteiger partial charge in [-0.15, -0.1) is 0 Å². The lowest BCUT2D eigenvalue weighted by atomic mass is 10.2. The van der Waals surface area contributed by atoms with E-state index in [-0.39, 0.29) is 12.5 Å². The summed E-state index contributed by atoms with van der Waals surface area (Å²) >= 11 is 5.89. The molecule has 6 heteroatoms. The van der Waals surface area contributed by atoms with E-state index in [4.69, 9.17) is 22.4 Å². The maximum atomic E-state index is 11.9. The molecule has 21 heavy (non-hydrogen) atoms. The van der Waals surface area contributed by atoms with Crippen LogP contribution in [-0.2, 0) is 4.79 Å². The molecule has 0 spiro atoms. The van der Waals surface area contributed by atoms with Crippen LogP contribution in [0.5, 0.6) is 0 Å². The lowest BCUT2D eigenvalue weighted by Crippen LogP contribution is -2.30. The van der Waals surface area contributed by atoms with Gasteiger partial charge in [-0.3, -0.25) is 9.69 Å². The van der Waals surface area contributed by atoms with Gasteiger partial charge in [-0.2, -0.15) is 0 Å². The zero-order valence-electron chi connectivity index (χ0n) is 12.0. The highest BCUT2D eigenvalue weighted by Gasteiger charge is 2.27. The monoisotopic (exact) mass is 311 g/mol. The number of aliphatic hydroxyl groups excluding tert-OH is 1. The summed E-state index contributed by atoms with van der Waals surface area (Å²) in [6, 6.07) is 5.61. The van der Waals surface area contributed by atoms with Crippen molar-refractivity contribution in [2.45, 2.75) is 31.7 Å². The van der Waals surface area contributed by atoms with Crippen LogP contribution in [0.15, 0.2) is 18.2 Å². The summed E-state index contributed by atoms with van der Waals surface area (Å²) < 4.78 is 0. The van der Waals surface area contributed by atoms with Gasteiger partial charge < -0.3 is 16.2 Å². The highest BCUT2D eigenvalue weighted by molar-refractivity contribution is 6.31. The van der Waals surface area contributed by atoms with Crippen LogP contribution in [0, 0.1) is 0 Å². The van der Waals surface area contributed by atoms with Crippen molar-refractivity contribution in [1.82, 2.24) is 4.90 Å². The smallest absolute Gasteiger partial charge is 0.224 e. The van der Waals surface area contributed by atoms with Crippen molar-refractivity contribution >= 4 is 28.9 Å². The summed E-state index contributed by atoms with van der Waals surface area (Å²) in [5.74, 6) is -0.0660. The van der Waals surface area contributed by atoms with Gasteiger partial charge in [0.05, 0.1) is 18.0 Å². The minimum absolute atomic E-state index is 0.0660. The van der Waals surface area contributed by atoms with Crippen LogP contribution in [0.25, 0.3) is 0 Å². The summed E-state index contributed by atoms with van der Waals surface area (Å²) in [5, 5.41) is 12.4. The number of nitrogens with zero attached hydrogens (tertiary/aromatic N) is 1. The topological polar surface area (TPSA) is 78.6 Å². The second kappa shape index (κ2) is 7.64. The highest BCUT2D eigenvalue weighted by atomic mass is 35.5. The molecule has 1 aliphatic carbocycles. The Morgan fingerprint density at radius 3 is 2.86 bits per heavy atom. The highest BCUT2D eigenvalue weighted by Crippen LogP contribution is 2.27. The van der Waals surface area contributed by atoms with Crippen molar-refractivity contribution < 1.29 is 9.90 Å². The number of hydrogen-bond acceptors (Lipinski definition) is 4. The van der Waals surface area contributed by atoms with Gasteiger partial charge in [0, 0.05) is 24.0 Å². The third kappa shape index (κ3) is 5.19. The van der Waals surface area contributed by atoms with Gasteiger partial charge in [0.15, 0.2) is 0 Å². The first kappa shape index (κ1) is 16.1. The Morgan fingerprint density at radius 1 is 1.43 bits per heavy atom. The zero-order valence-corrected chi connectivity index (χ0v) is 12.8. The quantitative estimate of drug-likeness (QED) is 0.642. The predicted molar refractivity (Wildman–Crippen MR) is 85.4 cm³/mol. The number of carbonyl (C=O) groups excluding carboxylic acids is 1. The van der Waals surface area contributed by atoms with E-state index < -0.39 is 0 Å². The van der Waals surface area contributed by atoms with Crippen molar-refractivity contribution in [2.24, 2.45) is 0 Å². The van der Waals surface area contributed by atoms with E-state index in [2.05, 4.69) is 10.2 Å². The van der Waals surface area contributed by atoms with Crippen molar-refractivity contribution in [2.75, 3.05) is 30.7 Å². The molecule has 2 rings (SSSR count). The molecule has 116 valence electrons. The second-order valence-corrected chi connectivity index (χ2v) is 5.81. The van der Waals surface area contributed by atoms with Gasteiger partial charge >= 0.3 is 0 Å². The third-order valence-electron chi connectivity index (χ3n) is 3.59. The first-order valence-electron chi connectivity index (χ1n) is 7.30. The Hall–Kier alpha value is -1.30. The average molecular weight is 312 g/mol. The largest absolute Gasteiger partial charge is 0.397 e. The number of rotatable bonds is 8. The maximum absolute atomic E-state index is 11.9. The second-order valence-electron chi connectivity index (χ2n) is 5.37. The molecule has 1 fully saturated rings. The molecule has 5 nitrogen and oxygen atoms in total. The molecule has 0 unspecified atom stereocenters. The number of nitrogens with one attached hydrogen (secondary N) is 1. The Morgan fingerprint density at radius 2 is 2.19 bits per heavy atom. The van der Waals surface area contributed by atoms with Crippen molar-refractivity contribution in [3.05, 3.63) is 23.2 Å². The first-order chi connectivity index (χ1) is 10.1. The molecule has 1 amide bonds. The van der Waals surface area contributed by atoms with E-state index in [0.717, 1.165) is 13.0 Å². The number of carbonyl (C=O) groups is 1. The zero-order chi connectivity index (χ0) is 15.2. The number of hydrogen-bond donors (Lipinski definition) is 3. The number of nitrogen functional groups attached to an aromatic ring is 1. The molecule has 0 aliphatic heterocycles. The lowest BCUT2D eigenvalue weighted by Gasteiger charge is -2.20. The fourth-order valence-electron chi connectivity index (χ4n) is 2.34. The van der Waals surface area contributed by atoms with E-state index in [0.29, 0.717) is 35.4 Å². The predicted octanol–water partition coefficient (Wildman–Crippen LogP) is 2.10. The molecule has 1 aliphatic rings. The van der Waals surface area contributed by atoms with Crippen LogP contribution >= 0.6 is 11.6 Å². The molecule has 1 aromatic carbocycles. The van der Waals surface area contributed by atoms with Gasteiger partial charge in [0.2, 0.25) is 5.91 Å². The SMILES string of the molecule is Nc1ccc(Cl)cc1NC(=O)CCCN(CCO)C1CC1. The van der Waals surface area contributed by atoms with E-state index in [1.54, 1.807) is 18.2 Å². The van der Waals surface area contributed by atoms with Crippen molar-refractivity contribution in [1.29, 1.82) is 0 Å². The summed E-state index contributed by atoms with van der Waals surface area (Å²) in [6.07, 6.45) is 3.60. The van der Waals surface area contributed by atoms with Crippen LogP contribution in [0.4, 0.5) is 11.4 Å². The molecule has 1 saturated carbocycles. The summed E-state index contributed by atoms with van der Waals surface area (Å²) in [6.45, 7) is 1.69. The van der Waals surface area contributed by atoms with Gasteiger partial charge in [-0.1, -0.05) is 11.6 Å². The van der Waals surface area contributed by atoms with Crippen LogP contribution in [0.1, 0.15) is 25.7 Å². The van der Waals surface area contributed by atoms with E-state index in [9.17, 15) is 4.79 Å². The van der Waals surface area contributed by atoms with Crippen LogP contribution in [0.2, 0.25) is 5.02 Å². The fraction of sp³-hybridized carbons (Fsp3) is 0.533. The van der Waals surface area contributed by atoms with Crippen LogP contribution < -0.4 is 11.1 Å². The Kier molecular flexibility index (Phi) is 5.85. The number of aliphatic hydroxyl groups is 1. The number of benzene rings is 1. The molecule has 0 bridgehead atoms. The summed E-state index contributed by atoms with van der Waals surface area (Å²) in [7, 11) is 0. The number of anilines is 2. The molecule has 0 saturated heterocycles. The molecule has 0 heterocycles. The molecule has 0 radical (unpaired) electrons. The number of nitrogens with two attached hydrogens (primary N) is 1. The average Bonchev–Trinajstić information content (AvgIpc) is 3.26. The van der Waals surface area contributed by atoms with Gasteiger partial charge in [-0.05, 0) is 44.0 Å². The van der Waals surface area contributed by atoms with Gasteiger partial charge in [-0.25, -0.2) is 0 Å². The molecular formula is C15H22ClN3O2. The van der Waals surface area contributed by atoms with E-state index in [1.165, 1.54) is 12.8 Å². The summed E-state index contributed by atoms with van der Waals surface area (Å²) in [4.78, 5) is 14.2. The fourth-order valence-corrected chi connectivity index (χ4v) is 2.51. The molecular weight excluding hydrogens is 290 g/mol. The number of amides is 1. The first-order valence-corrected chi connectivity index (χ1v) is 7.67. The molecule has 0 atom stereocenters. The van der Waals surface area contributed by atoms with E-state index in [1.807, 2.05) is 0 Å². The minimum Gasteiger partial charge on any atom is -0.397 e. The third-order valence-corrected chi connectivity index (χ3v) is 3.82. The number of halogens is 1. The van der Waals surface area contributed by atoms with Crippen molar-refractivity contribution in [3.63, 3.8) is 0 Å². The van der Waals surface area contributed by atoms with Crippen LogP contribution in [-0.4, -0.2) is 41.7 Å². The van der Waals surface area contributed by atoms with Crippen LogP contribution in [0.3, 0.4) is 0 Å². The molecule has 1 aromatic rings. The van der Waals surface area contributed by atoms with Crippen molar-refractivity contribution in [3.8, 4) is 0 Å². The standard InChI is InChI=1S/C15H22ClN3O2/c16-11-3-6-13(17)14(10-11)18-15(21)2-1-7-19(8-9-20)12-4-5-12/h3,6,10,12,20H,1-2,4-5,7-9,17H2,(H,18,21). The maximum Gasteiger partial charge on any atom is 0.224 e. The molecule has 4 N–H and O–H groups in total. The lowest BCUT2D eigenvalue weighted by molar-refractivity contribution is -0.116. The summed E-state index contributed by atoms with van der Waals surface area (Å²) in [5.41, 5.74) is 6.86. The normalized spacial score (nSPS) is 14.4.